The van der Waals surface area contributed by atoms with Gasteiger partial charge in [0.05, 0.1) is 0 Å². The lowest BCUT2D eigenvalue weighted by molar-refractivity contribution is -0.0190. The second kappa shape index (κ2) is 7.49. The summed E-state index contributed by atoms with van der Waals surface area (Å²) in [5, 5.41) is 0. The molecule has 0 aromatic carbocycles. The Morgan fingerprint density at radius 1 is 0.524 bits per heavy atom. The Balaban J connectivity index is 1.78. The van der Waals surface area contributed by atoms with E-state index in [2.05, 4.69) is 18.7 Å². The highest BCUT2D eigenvalue weighted by Crippen LogP contribution is 2.39. The van der Waals surface area contributed by atoms with Crippen molar-refractivity contribution in [1.82, 2.24) is 4.90 Å². The smallest absolute Gasteiger partial charge is 0.0127 e. The molecule has 0 aromatic heterocycles. The first-order valence-electron chi connectivity index (χ1n) is 10.0. The maximum absolute atomic E-state index is 3.12. The first kappa shape index (κ1) is 15.8. The lowest BCUT2D eigenvalue weighted by Gasteiger charge is -2.51. The van der Waals surface area contributed by atoms with Gasteiger partial charge in [-0.05, 0) is 50.4 Å². The Morgan fingerprint density at radius 2 is 0.952 bits per heavy atom. The van der Waals surface area contributed by atoms with Crippen molar-refractivity contribution in [2.24, 2.45) is 11.8 Å². The number of hydrogen-bond donors (Lipinski definition) is 0. The Labute approximate surface area is 132 Å². The zero-order chi connectivity index (χ0) is 14.7. The predicted molar refractivity (Wildman–Crippen MR) is 91.6 cm³/mol. The van der Waals surface area contributed by atoms with E-state index in [0.717, 1.165) is 30.0 Å². The highest BCUT2D eigenvalue weighted by Gasteiger charge is 2.39. The molecule has 1 nitrogen and oxygen atoms in total. The van der Waals surface area contributed by atoms with Crippen molar-refractivity contribution in [3.8, 4) is 0 Å². The SMILES string of the molecule is CC1CCCCC1N(C1CCCCC1)C1CCCCC1C. The predicted octanol–water partition coefficient (Wildman–Crippen LogP) is 5.78. The summed E-state index contributed by atoms with van der Waals surface area (Å²) in [5.41, 5.74) is 0. The normalized spacial score (nSPS) is 39.6. The van der Waals surface area contributed by atoms with Crippen LogP contribution in [0, 0.1) is 11.8 Å². The summed E-state index contributed by atoms with van der Waals surface area (Å²) in [4.78, 5) is 3.12. The molecule has 0 heterocycles. The van der Waals surface area contributed by atoms with Crippen LogP contribution in [0.2, 0.25) is 0 Å². The van der Waals surface area contributed by atoms with Crippen LogP contribution in [0.1, 0.15) is 97.3 Å². The van der Waals surface area contributed by atoms with Gasteiger partial charge in [-0.3, -0.25) is 4.90 Å². The molecule has 0 saturated heterocycles. The van der Waals surface area contributed by atoms with E-state index in [4.69, 9.17) is 0 Å². The van der Waals surface area contributed by atoms with E-state index in [1.165, 1.54) is 83.5 Å². The van der Waals surface area contributed by atoms with Gasteiger partial charge in [0.1, 0.15) is 0 Å². The molecule has 0 N–H and O–H groups in total. The van der Waals surface area contributed by atoms with E-state index in [1.807, 2.05) is 0 Å². The minimum absolute atomic E-state index is 0.910. The minimum Gasteiger partial charge on any atom is -0.294 e. The Hall–Kier alpha value is -0.0400. The van der Waals surface area contributed by atoms with Gasteiger partial charge in [-0.15, -0.1) is 0 Å². The molecule has 3 saturated carbocycles. The lowest BCUT2D eigenvalue weighted by Crippen LogP contribution is -2.55. The topological polar surface area (TPSA) is 3.24 Å². The molecule has 0 aromatic rings. The van der Waals surface area contributed by atoms with Crippen molar-refractivity contribution in [3.63, 3.8) is 0 Å². The van der Waals surface area contributed by atoms with Gasteiger partial charge in [-0.2, -0.15) is 0 Å². The van der Waals surface area contributed by atoms with Crippen molar-refractivity contribution in [3.05, 3.63) is 0 Å². The monoisotopic (exact) mass is 291 g/mol. The highest BCUT2D eigenvalue weighted by molar-refractivity contribution is 4.93. The fourth-order valence-electron chi connectivity index (χ4n) is 5.65. The van der Waals surface area contributed by atoms with E-state index in [9.17, 15) is 0 Å². The van der Waals surface area contributed by atoms with Gasteiger partial charge < -0.3 is 0 Å². The molecule has 1 heteroatoms. The maximum Gasteiger partial charge on any atom is 0.0127 e. The van der Waals surface area contributed by atoms with Gasteiger partial charge >= 0.3 is 0 Å². The molecular formula is C20H37N. The highest BCUT2D eigenvalue weighted by atomic mass is 15.2. The third-order valence-corrected chi connectivity index (χ3v) is 6.89. The zero-order valence-corrected chi connectivity index (χ0v) is 14.5. The van der Waals surface area contributed by atoms with Gasteiger partial charge in [0.25, 0.3) is 0 Å². The number of hydrogen-bond acceptors (Lipinski definition) is 1. The molecule has 0 amide bonds. The summed E-state index contributed by atoms with van der Waals surface area (Å²) in [6.45, 7) is 5.10. The number of rotatable bonds is 3. The van der Waals surface area contributed by atoms with Crippen LogP contribution in [0.25, 0.3) is 0 Å². The fraction of sp³-hybridized carbons (Fsp3) is 1.00. The maximum atomic E-state index is 3.12. The first-order valence-corrected chi connectivity index (χ1v) is 10.0. The fourth-order valence-corrected chi connectivity index (χ4v) is 5.65. The molecule has 3 aliphatic carbocycles. The van der Waals surface area contributed by atoms with Crippen molar-refractivity contribution in [2.75, 3.05) is 0 Å². The zero-order valence-electron chi connectivity index (χ0n) is 14.5. The molecule has 4 unspecified atom stereocenters. The molecule has 3 rings (SSSR count). The Kier molecular flexibility index (Phi) is 5.65. The molecule has 122 valence electrons. The van der Waals surface area contributed by atoms with Crippen molar-refractivity contribution in [2.45, 2.75) is 115 Å². The van der Waals surface area contributed by atoms with E-state index in [1.54, 1.807) is 0 Å². The second-order valence-corrected chi connectivity index (χ2v) is 8.40. The second-order valence-electron chi connectivity index (χ2n) is 8.40. The van der Waals surface area contributed by atoms with Crippen LogP contribution in [-0.4, -0.2) is 23.0 Å². The summed E-state index contributed by atoms with van der Waals surface area (Å²) >= 11 is 0. The molecule has 3 fully saturated rings. The third kappa shape index (κ3) is 3.66. The van der Waals surface area contributed by atoms with E-state index < -0.39 is 0 Å². The molecule has 0 spiro atoms. The van der Waals surface area contributed by atoms with Gasteiger partial charge in [-0.1, -0.05) is 58.8 Å². The largest absolute Gasteiger partial charge is 0.294 e. The van der Waals surface area contributed by atoms with Gasteiger partial charge in [0.15, 0.2) is 0 Å². The van der Waals surface area contributed by atoms with Crippen LogP contribution in [-0.2, 0) is 0 Å². The summed E-state index contributed by atoms with van der Waals surface area (Å²) in [7, 11) is 0. The van der Waals surface area contributed by atoms with Crippen LogP contribution < -0.4 is 0 Å². The van der Waals surface area contributed by atoms with Gasteiger partial charge in [-0.25, -0.2) is 0 Å². The average Bonchev–Trinajstić information content (AvgIpc) is 2.52. The van der Waals surface area contributed by atoms with Crippen molar-refractivity contribution < 1.29 is 0 Å². The molecule has 4 atom stereocenters. The standard InChI is InChI=1S/C20H37N/c1-16-10-6-8-14-19(16)21(18-12-4-3-5-13-18)20-15-9-7-11-17(20)2/h16-20H,3-15H2,1-2H3. The van der Waals surface area contributed by atoms with E-state index >= 15 is 0 Å². The van der Waals surface area contributed by atoms with Crippen LogP contribution in [0.15, 0.2) is 0 Å². The Bertz CT molecular complexity index is 285. The minimum atomic E-state index is 0.910. The van der Waals surface area contributed by atoms with Crippen molar-refractivity contribution >= 4 is 0 Å². The summed E-state index contributed by atoms with van der Waals surface area (Å²) in [5.74, 6) is 1.88. The quantitative estimate of drug-likeness (QED) is 0.637. The Morgan fingerprint density at radius 3 is 1.43 bits per heavy atom. The molecule has 0 bridgehead atoms. The van der Waals surface area contributed by atoms with Crippen LogP contribution >= 0.6 is 0 Å². The first-order chi connectivity index (χ1) is 10.3. The molecular weight excluding hydrogens is 254 g/mol. The lowest BCUT2D eigenvalue weighted by atomic mass is 9.77. The van der Waals surface area contributed by atoms with Crippen LogP contribution in [0.5, 0.6) is 0 Å². The molecule has 21 heavy (non-hydrogen) atoms. The van der Waals surface area contributed by atoms with Crippen LogP contribution in [0.4, 0.5) is 0 Å². The summed E-state index contributed by atoms with van der Waals surface area (Å²) in [6.07, 6.45) is 19.3. The molecule has 0 radical (unpaired) electrons. The average molecular weight is 292 g/mol. The molecule has 3 aliphatic rings. The third-order valence-electron chi connectivity index (χ3n) is 6.89. The van der Waals surface area contributed by atoms with E-state index in [-0.39, 0.29) is 0 Å². The van der Waals surface area contributed by atoms with E-state index in [0.29, 0.717) is 0 Å². The summed E-state index contributed by atoms with van der Waals surface area (Å²) in [6, 6.07) is 2.75. The molecule has 0 aliphatic heterocycles. The summed E-state index contributed by atoms with van der Waals surface area (Å²) < 4.78 is 0. The number of nitrogens with zero attached hydrogens (tertiary/aromatic N) is 1. The van der Waals surface area contributed by atoms with Gasteiger partial charge in [0.2, 0.25) is 0 Å². The van der Waals surface area contributed by atoms with Crippen molar-refractivity contribution in [1.29, 1.82) is 0 Å². The van der Waals surface area contributed by atoms with Crippen LogP contribution in [0.3, 0.4) is 0 Å². The van der Waals surface area contributed by atoms with Gasteiger partial charge in [0, 0.05) is 18.1 Å².